The van der Waals surface area contributed by atoms with Gasteiger partial charge in [0.2, 0.25) is 0 Å². The van der Waals surface area contributed by atoms with Gasteiger partial charge in [-0.05, 0) is 0 Å². The molecule has 1 aliphatic rings. The summed E-state index contributed by atoms with van der Waals surface area (Å²) in [5, 5.41) is 0. The molecule has 3 heteroatoms. The predicted octanol–water partition coefficient (Wildman–Crippen LogP) is 3.97. The number of aromatic nitrogens is 1. The number of benzene rings is 2. The minimum absolute atomic E-state index is 0.0189. The van der Waals surface area contributed by atoms with Crippen LogP contribution in [0.2, 0.25) is 0 Å². The average Bonchev–Trinajstić information content (AvgIpc) is 2.88. The summed E-state index contributed by atoms with van der Waals surface area (Å²) in [6.45, 7) is 0. The van der Waals surface area contributed by atoms with Gasteiger partial charge in [-0.15, -0.1) is 0 Å². The van der Waals surface area contributed by atoms with Gasteiger partial charge < -0.3 is 4.74 Å². The van der Waals surface area contributed by atoms with E-state index in [1.54, 1.807) is 7.11 Å². The van der Waals surface area contributed by atoms with Gasteiger partial charge >= 0.3 is 0 Å². The largest absolute Gasteiger partial charge is 0.496 e. The SMILES string of the molecule is COc1cc(-c2ccccc2)nc2c1C(=O)c1ccccc1-2. The van der Waals surface area contributed by atoms with E-state index in [0.29, 0.717) is 22.6 Å². The maximum Gasteiger partial charge on any atom is 0.199 e. The van der Waals surface area contributed by atoms with Crippen LogP contribution >= 0.6 is 0 Å². The van der Waals surface area contributed by atoms with Crippen LogP contribution in [0.1, 0.15) is 15.9 Å². The first kappa shape index (κ1) is 12.8. The van der Waals surface area contributed by atoms with Crippen molar-refractivity contribution in [3.05, 3.63) is 71.8 Å². The number of ketones is 1. The van der Waals surface area contributed by atoms with Crippen LogP contribution in [0.4, 0.5) is 0 Å². The first-order chi connectivity index (χ1) is 10.8. The monoisotopic (exact) mass is 287 g/mol. The van der Waals surface area contributed by atoms with Crippen molar-refractivity contribution in [1.29, 1.82) is 0 Å². The smallest absolute Gasteiger partial charge is 0.199 e. The van der Waals surface area contributed by atoms with Crippen LogP contribution in [0, 0.1) is 0 Å². The van der Waals surface area contributed by atoms with Gasteiger partial charge in [0, 0.05) is 22.8 Å². The lowest BCUT2D eigenvalue weighted by Gasteiger charge is -2.09. The van der Waals surface area contributed by atoms with Gasteiger partial charge in [0.05, 0.1) is 24.1 Å². The lowest BCUT2D eigenvalue weighted by Crippen LogP contribution is -2.00. The van der Waals surface area contributed by atoms with E-state index in [2.05, 4.69) is 0 Å². The van der Waals surface area contributed by atoms with Crippen LogP contribution in [-0.4, -0.2) is 17.9 Å². The van der Waals surface area contributed by atoms with Crippen molar-refractivity contribution in [1.82, 2.24) is 4.98 Å². The minimum atomic E-state index is -0.0189. The number of carbonyl (C=O) groups is 1. The van der Waals surface area contributed by atoms with E-state index in [4.69, 9.17) is 9.72 Å². The second-order valence-corrected chi connectivity index (χ2v) is 5.17. The zero-order chi connectivity index (χ0) is 15.1. The zero-order valence-electron chi connectivity index (χ0n) is 12.0. The number of fused-ring (bicyclic) bond motifs is 3. The highest BCUT2D eigenvalue weighted by atomic mass is 16.5. The number of methoxy groups -OCH3 is 1. The molecule has 0 spiro atoms. The van der Waals surface area contributed by atoms with Crippen molar-refractivity contribution < 1.29 is 9.53 Å². The van der Waals surface area contributed by atoms with Crippen molar-refractivity contribution in [2.75, 3.05) is 7.11 Å². The number of hydrogen-bond acceptors (Lipinski definition) is 3. The Bertz CT molecular complexity index is 885. The summed E-state index contributed by atoms with van der Waals surface area (Å²) in [5.74, 6) is 0.555. The van der Waals surface area contributed by atoms with Gasteiger partial charge in [-0.3, -0.25) is 4.79 Å². The molecule has 0 radical (unpaired) electrons. The Morgan fingerprint density at radius 2 is 1.59 bits per heavy atom. The highest BCUT2D eigenvalue weighted by Crippen LogP contribution is 2.41. The third-order valence-corrected chi connectivity index (χ3v) is 3.93. The number of hydrogen-bond donors (Lipinski definition) is 0. The third kappa shape index (κ3) is 1.76. The first-order valence-electron chi connectivity index (χ1n) is 7.08. The summed E-state index contributed by atoms with van der Waals surface area (Å²) in [4.78, 5) is 17.3. The van der Waals surface area contributed by atoms with E-state index in [1.807, 2.05) is 60.7 Å². The Hall–Kier alpha value is -2.94. The summed E-state index contributed by atoms with van der Waals surface area (Å²) in [6.07, 6.45) is 0. The van der Waals surface area contributed by atoms with E-state index in [9.17, 15) is 4.79 Å². The van der Waals surface area contributed by atoms with E-state index in [1.165, 1.54) is 0 Å². The molecule has 2 aromatic carbocycles. The van der Waals surface area contributed by atoms with Crippen LogP contribution in [0.25, 0.3) is 22.5 Å². The molecule has 106 valence electrons. The van der Waals surface area contributed by atoms with Gasteiger partial charge in [0.25, 0.3) is 0 Å². The molecule has 0 fully saturated rings. The molecule has 22 heavy (non-hydrogen) atoms. The first-order valence-corrected chi connectivity index (χ1v) is 7.08. The highest BCUT2D eigenvalue weighted by molar-refractivity contribution is 6.22. The molecule has 4 rings (SSSR count). The summed E-state index contributed by atoms with van der Waals surface area (Å²) in [6, 6.07) is 19.3. The molecule has 0 saturated heterocycles. The Kier molecular flexibility index (Phi) is 2.79. The van der Waals surface area contributed by atoms with E-state index in [0.717, 1.165) is 16.8 Å². The van der Waals surface area contributed by atoms with Crippen molar-refractivity contribution in [2.24, 2.45) is 0 Å². The molecule has 0 amide bonds. The second-order valence-electron chi connectivity index (χ2n) is 5.17. The molecule has 0 unspecified atom stereocenters. The molecule has 0 saturated carbocycles. The number of carbonyl (C=O) groups excluding carboxylic acids is 1. The molecule has 0 atom stereocenters. The number of pyridine rings is 1. The number of rotatable bonds is 2. The van der Waals surface area contributed by atoms with Crippen LogP contribution in [-0.2, 0) is 0 Å². The van der Waals surface area contributed by atoms with Gasteiger partial charge in [-0.2, -0.15) is 0 Å². The number of nitrogens with zero attached hydrogens (tertiary/aromatic N) is 1. The fourth-order valence-electron chi connectivity index (χ4n) is 2.88. The second kappa shape index (κ2) is 4.81. The van der Waals surface area contributed by atoms with Crippen LogP contribution < -0.4 is 4.74 Å². The summed E-state index contributed by atoms with van der Waals surface area (Å²) in [5.41, 5.74) is 4.63. The quantitative estimate of drug-likeness (QED) is 0.560. The third-order valence-electron chi connectivity index (χ3n) is 3.93. The molecule has 0 N–H and O–H groups in total. The molecular weight excluding hydrogens is 274 g/mol. The Balaban J connectivity index is 2.01. The van der Waals surface area contributed by atoms with Gasteiger partial charge in [0.1, 0.15) is 5.75 Å². The maximum absolute atomic E-state index is 12.6. The molecule has 3 nitrogen and oxygen atoms in total. The van der Waals surface area contributed by atoms with Crippen molar-refractivity contribution >= 4 is 5.78 Å². The Morgan fingerprint density at radius 3 is 2.32 bits per heavy atom. The summed E-state index contributed by atoms with van der Waals surface area (Å²) >= 11 is 0. The predicted molar refractivity (Wildman–Crippen MR) is 85.1 cm³/mol. The van der Waals surface area contributed by atoms with E-state index in [-0.39, 0.29) is 5.78 Å². The van der Waals surface area contributed by atoms with Gasteiger partial charge in [0.15, 0.2) is 5.78 Å². The molecule has 0 bridgehead atoms. The molecule has 1 aliphatic carbocycles. The van der Waals surface area contributed by atoms with E-state index >= 15 is 0 Å². The zero-order valence-corrected chi connectivity index (χ0v) is 12.0. The standard InChI is InChI=1S/C19H13NO2/c1-22-16-11-15(12-7-3-2-4-8-12)20-18-13-9-5-6-10-14(13)19(21)17(16)18/h2-11H,1H3. The Labute approximate surface area is 128 Å². The van der Waals surface area contributed by atoms with Crippen LogP contribution in [0.5, 0.6) is 5.75 Å². The summed E-state index contributed by atoms with van der Waals surface area (Å²) < 4.78 is 5.46. The lowest BCUT2D eigenvalue weighted by atomic mass is 10.1. The van der Waals surface area contributed by atoms with Crippen LogP contribution in [0.3, 0.4) is 0 Å². The van der Waals surface area contributed by atoms with Crippen molar-refractivity contribution in [3.63, 3.8) is 0 Å². The fraction of sp³-hybridized carbons (Fsp3) is 0.0526. The van der Waals surface area contributed by atoms with Crippen molar-refractivity contribution in [2.45, 2.75) is 0 Å². The fourth-order valence-corrected chi connectivity index (χ4v) is 2.88. The normalized spacial score (nSPS) is 12.0. The molecule has 1 heterocycles. The average molecular weight is 287 g/mol. The van der Waals surface area contributed by atoms with Gasteiger partial charge in [-0.1, -0.05) is 54.6 Å². The molecule has 0 aliphatic heterocycles. The molecule has 3 aromatic rings. The summed E-state index contributed by atoms with van der Waals surface area (Å²) in [7, 11) is 1.58. The molecular formula is C19H13NO2. The molecule has 1 aromatic heterocycles. The van der Waals surface area contributed by atoms with Crippen LogP contribution in [0.15, 0.2) is 60.7 Å². The van der Waals surface area contributed by atoms with E-state index < -0.39 is 0 Å². The van der Waals surface area contributed by atoms with Crippen molar-refractivity contribution in [3.8, 4) is 28.3 Å². The lowest BCUT2D eigenvalue weighted by molar-refractivity contribution is 0.104. The minimum Gasteiger partial charge on any atom is -0.496 e. The highest BCUT2D eigenvalue weighted by Gasteiger charge is 2.31. The topological polar surface area (TPSA) is 39.2 Å². The maximum atomic E-state index is 12.6. The Morgan fingerprint density at radius 1 is 0.909 bits per heavy atom. The number of ether oxygens (including phenoxy) is 1. The van der Waals surface area contributed by atoms with Gasteiger partial charge in [-0.25, -0.2) is 4.98 Å².